The van der Waals surface area contributed by atoms with E-state index in [4.69, 9.17) is 18.9 Å². The minimum absolute atomic E-state index is 0.155. The van der Waals surface area contributed by atoms with Crippen LogP contribution >= 0.6 is 0 Å². The molecule has 8 heteroatoms. The second-order valence-corrected chi connectivity index (χ2v) is 9.76. The summed E-state index contributed by atoms with van der Waals surface area (Å²) < 4.78 is 23.2. The van der Waals surface area contributed by atoms with E-state index in [0.29, 0.717) is 28.6 Å². The van der Waals surface area contributed by atoms with E-state index >= 15 is 0 Å². The van der Waals surface area contributed by atoms with Crippen LogP contribution in [0.5, 0.6) is 23.0 Å². The molecule has 0 aromatic heterocycles. The summed E-state index contributed by atoms with van der Waals surface area (Å²) in [4.78, 5) is 26.1. The lowest BCUT2D eigenvalue weighted by Gasteiger charge is -2.23. The Kier molecular flexibility index (Phi) is 8.10. The Bertz CT molecular complexity index is 1550. The Morgan fingerprint density at radius 3 is 2.29 bits per heavy atom. The SMILES string of the molecule is COc1ccc(CC(=O)O)cc1Oc1ccc(-c2ccccc2OC)cc1CN1C(=O)O[C@H](c2ccccc2)[C@@H]1C. The third-order valence-electron chi connectivity index (χ3n) is 7.14. The van der Waals surface area contributed by atoms with Crippen molar-refractivity contribution in [3.05, 3.63) is 108 Å². The van der Waals surface area contributed by atoms with Gasteiger partial charge in [-0.2, -0.15) is 0 Å². The summed E-state index contributed by atoms with van der Waals surface area (Å²) >= 11 is 0. The number of amides is 1. The molecule has 1 fully saturated rings. The van der Waals surface area contributed by atoms with E-state index in [1.807, 2.05) is 79.7 Å². The standard InChI is InChI=1S/C33H31NO7/c1-21-32(23-9-5-4-6-10-23)41-33(37)34(21)20-25-19-24(26-11-7-8-12-28(26)38-2)14-16-27(25)40-30-17-22(18-31(35)36)13-15-29(30)39-3/h4-17,19,21,32H,18,20H2,1-3H3,(H,35,36)/t21-,32-/m0/s1. The summed E-state index contributed by atoms with van der Waals surface area (Å²) in [5.41, 5.74) is 4.01. The summed E-state index contributed by atoms with van der Waals surface area (Å²) in [5.74, 6) is 1.09. The van der Waals surface area contributed by atoms with E-state index < -0.39 is 18.2 Å². The number of aliphatic carboxylic acids is 1. The van der Waals surface area contributed by atoms with Crippen molar-refractivity contribution in [2.45, 2.75) is 32.0 Å². The highest BCUT2D eigenvalue weighted by atomic mass is 16.6. The molecule has 1 N–H and O–H groups in total. The lowest BCUT2D eigenvalue weighted by molar-refractivity contribution is -0.136. The van der Waals surface area contributed by atoms with Crippen molar-refractivity contribution in [1.29, 1.82) is 0 Å². The van der Waals surface area contributed by atoms with E-state index in [-0.39, 0.29) is 19.0 Å². The van der Waals surface area contributed by atoms with Gasteiger partial charge in [0.05, 0.1) is 33.2 Å². The zero-order valence-electron chi connectivity index (χ0n) is 23.1. The zero-order valence-corrected chi connectivity index (χ0v) is 23.1. The fourth-order valence-electron chi connectivity index (χ4n) is 5.04. The van der Waals surface area contributed by atoms with Crippen LogP contribution in [0.3, 0.4) is 0 Å². The third kappa shape index (κ3) is 5.96. The van der Waals surface area contributed by atoms with Crippen LogP contribution in [0.4, 0.5) is 4.79 Å². The Hall–Kier alpha value is -4.98. The van der Waals surface area contributed by atoms with E-state index in [2.05, 4.69) is 0 Å². The molecule has 1 aliphatic rings. The van der Waals surface area contributed by atoms with Crippen LogP contribution in [0.15, 0.2) is 91.0 Å². The monoisotopic (exact) mass is 553 g/mol. The van der Waals surface area contributed by atoms with Gasteiger partial charge in [-0.15, -0.1) is 0 Å². The molecular formula is C33H31NO7. The summed E-state index contributed by atoms with van der Waals surface area (Å²) in [6.07, 6.45) is -0.975. The van der Waals surface area contributed by atoms with E-state index in [1.54, 1.807) is 30.2 Å². The van der Waals surface area contributed by atoms with Gasteiger partial charge in [0.15, 0.2) is 11.5 Å². The average Bonchev–Trinajstić information content (AvgIpc) is 3.26. The Morgan fingerprint density at radius 1 is 0.854 bits per heavy atom. The fraction of sp³-hybridized carbons (Fsp3) is 0.212. The van der Waals surface area contributed by atoms with Gasteiger partial charge in [-0.05, 0) is 53.9 Å². The van der Waals surface area contributed by atoms with Crippen molar-refractivity contribution < 1.29 is 33.6 Å². The highest BCUT2D eigenvalue weighted by Gasteiger charge is 2.40. The van der Waals surface area contributed by atoms with Gasteiger partial charge in [-0.25, -0.2) is 4.79 Å². The first kappa shape index (κ1) is 27.6. The summed E-state index contributed by atoms with van der Waals surface area (Å²) in [5, 5.41) is 9.28. The molecule has 1 amide bonds. The normalized spacial score (nSPS) is 16.3. The minimum Gasteiger partial charge on any atom is -0.496 e. The van der Waals surface area contributed by atoms with Gasteiger partial charge in [-0.3, -0.25) is 9.69 Å². The van der Waals surface area contributed by atoms with Gasteiger partial charge < -0.3 is 24.1 Å². The largest absolute Gasteiger partial charge is 0.496 e. The molecule has 0 bridgehead atoms. The molecule has 0 aliphatic carbocycles. The van der Waals surface area contributed by atoms with Crippen molar-refractivity contribution in [1.82, 2.24) is 4.90 Å². The minimum atomic E-state index is -0.947. The maximum absolute atomic E-state index is 13.1. The number of methoxy groups -OCH3 is 2. The molecule has 1 aliphatic heterocycles. The molecule has 1 saturated heterocycles. The second kappa shape index (κ2) is 12.0. The summed E-state index contributed by atoms with van der Waals surface area (Å²) in [6, 6.07) is 27.9. The first-order chi connectivity index (χ1) is 19.9. The number of carboxylic acids is 1. The first-order valence-corrected chi connectivity index (χ1v) is 13.2. The Morgan fingerprint density at radius 2 is 1.56 bits per heavy atom. The average molecular weight is 554 g/mol. The molecule has 0 radical (unpaired) electrons. The van der Waals surface area contributed by atoms with E-state index in [1.165, 1.54) is 7.11 Å². The summed E-state index contributed by atoms with van der Waals surface area (Å²) in [7, 11) is 3.15. The fourth-order valence-corrected chi connectivity index (χ4v) is 5.04. The molecule has 8 nitrogen and oxygen atoms in total. The maximum atomic E-state index is 13.1. The van der Waals surface area contributed by atoms with Gasteiger partial charge in [-0.1, -0.05) is 60.7 Å². The van der Waals surface area contributed by atoms with Gasteiger partial charge in [0.2, 0.25) is 0 Å². The third-order valence-corrected chi connectivity index (χ3v) is 7.14. The number of cyclic esters (lactones) is 1. The van der Waals surface area contributed by atoms with Crippen LogP contribution in [0.2, 0.25) is 0 Å². The predicted octanol–water partition coefficient (Wildman–Crippen LogP) is 6.87. The molecule has 0 unspecified atom stereocenters. The zero-order chi connectivity index (χ0) is 28.9. The second-order valence-electron chi connectivity index (χ2n) is 9.76. The lowest BCUT2D eigenvalue weighted by Crippen LogP contribution is -2.31. The molecule has 5 rings (SSSR count). The molecule has 210 valence electrons. The van der Waals surface area contributed by atoms with Crippen molar-refractivity contribution in [2.24, 2.45) is 0 Å². The Labute approximate surface area is 238 Å². The van der Waals surface area contributed by atoms with E-state index in [0.717, 1.165) is 22.3 Å². The maximum Gasteiger partial charge on any atom is 0.411 e. The highest BCUT2D eigenvalue weighted by molar-refractivity contribution is 5.74. The Balaban J connectivity index is 1.54. The van der Waals surface area contributed by atoms with Crippen LogP contribution in [-0.4, -0.2) is 42.3 Å². The van der Waals surface area contributed by atoms with Crippen LogP contribution < -0.4 is 14.2 Å². The van der Waals surface area contributed by atoms with E-state index in [9.17, 15) is 14.7 Å². The number of carbonyl (C=O) groups excluding carboxylic acids is 1. The lowest BCUT2D eigenvalue weighted by atomic mass is 10.00. The predicted molar refractivity (Wildman–Crippen MR) is 154 cm³/mol. The summed E-state index contributed by atoms with van der Waals surface area (Å²) in [6.45, 7) is 2.18. The van der Waals surface area contributed by atoms with Crippen LogP contribution in [-0.2, 0) is 22.5 Å². The molecule has 4 aromatic rings. The molecule has 2 atom stereocenters. The number of hydrogen-bond donors (Lipinski definition) is 1. The molecule has 4 aromatic carbocycles. The van der Waals surface area contributed by atoms with Crippen LogP contribution in [0.25, 0.3) is 11.1 Å². The number of benzene rings is 4. The highest BCUT2D eigenvalue weighted by Crippen LogP contribution is 2.40. The first-order valence-electron chi connectivity index (χ1n) is 13.2. The van der Waals surface area contributed by atoms with Crippen molar-refractivity contribution in [3.8, 4) is 34.1 Å². The van der Waals surface area contributed by atoms with Gasteiger partial charge in [0, 0.05) is 11.1 Å². The van der Waals surface area contributed by atoms with Crippen LogP contribution in [0.1, 0.15) is 29.7 Å². The number of ether oxygens (including phenoxy) is 4. The molecular weight excluding hydrogens is 522 g/mol. The van der Waals surface area contributed by atoms with Crippen molar-refractivity contribution in [2.75, 3.05) is 14.2 Å². The number of carboxylic acid groups (broad SMARTS) is 1. The molecule has 0 spiro atoms. The topological polar surface area (TPSA) is 94.5 Å². The van der Waals surface area contributed by atoms with Gasteiger partial charge in [0.1, 0.15) is 17.6 Å². The molecule has 1 heterocycles. The van der Waals surface area contributed by atoms with Crippen molar-refractivity contribution >= 4 is 12.1 Å². The molecule has 41 heavy (non-hydrogen) atoms. The van der Waals surface area contributed by atoms with Gasteiger partial charge in [0.25, 0.3) is 0 Å². The van der Waals surface area contributed by atoms with Crippen molar-refractivity contribution in [3.63, 3.8) is 0 Å². The smallest absolute Gasteiger partial charge is 0.411 e. The van der Waals surface area contributed by atoms with Crippen LogP contribution in [0, 0.1) is 0 Å². The molecule has 0 saturated carbocycles. The number of nitrogens with zero attached hydrogens (tertiary/aromatic N) is 1. The number of hydrogen-bond acceptors (Lipinski definition) is 6. The number of carbonyl (C=O) groups is 2. The number of para-hydroxylation sites is 1. The quantitative estimate of drug-likeness (QED) is 0.229. The van der Waals surface area contributed by atoms with Gasteiger partial charge >= 0.3 is 12.1 Å². The number of rotatable bonds is 10.